The number of aryl methyl sites for hydroxylation is 1. The van der Waals surface area contributed by atoms with E-state index in [0.29, 0.717) is 30.2 Å². The zero-order valence-electron chi connectivity index (χ0n) is 19.8. The smallest absolute Gasteiger partial charge is 0.250 e. The predicted octanol–water partition coefficient (Wildman–Crippen LogP) is 5.10. The lowest BCUT2D eigenvalue weighted by atomic mass is 9.92. The molecular weight excluding hydrogens is 428 g/mol. The molecule has 6 nitrogen and oxygen atoms in total. The maximum Gasteiger partial charge on any atom is 0.250 e. The van der Waals surface area contributed by atoms with Crippen LogP contribution in [0, 0.1) is 6.92 Å². The lowest BCUT2D eigenvalue weighted by molar-refractivity contribution is -0.145. The minimum atomic E-state index is -1.06. The second kappa shape index (κ2) is 10.00. The molecule has 3 aromatic carbocycles. The fourth-order valence-corrected chi connectivity index (χ4v) is 3.99. The fourth-order valence-electron chi connectivity index (χ4n) is 3.99. The van der Waals surface area contributed by atoms with Crippen molar-refractivity contribution in [1.29, 1.82) is 0 Å². The molecule has 1 aliphatic heterocycles. The second-order valence-electron chi connectivity index (χ2n) is 8.78. The standard InChI is InChI=1S/C28H30N2O4/c1-4-28(3,27(32)29-23-14-15-24-25(17-23)34-19-33-24)30(18-22-12-10-20(2)11-13-22)26(31)16-21-8-6-5-7-9-21/h5-15,17H,4,16,18-19H2,1-3H3,(H,29,32). The van der Waals surface area contributed by atoms with Crippen molar-refractivity contribution in [3.05, 3.63) is 89.5 Å². The summed E-state index contributed by atoms with van der Waals surface area (Å²) in [4.78, 5) is 28.9. The summed E-state index contributed by atoms with van der Waals surface area (Å²) >= 11 is 0. The van der Waals surface area contributed by atoms with Gasteiger partial charge >= 0.3 is 0 Å². The number of amides is 2. The van der Waals surface area contributed by atoms with Gasteiger partial charge in [-0.2, -0.15) is 0 Å². The van der Waals surface area contributed by atoms with Gasteiger partial charge in [0.25, 0.3) is 0 Å². The van der Waals surface area contributed by atoms with Crippen LogP contribution >= 0.6 is 0 Å². The van der Waals surface area contributed by atoms with E-state index in [4.69, 9.17) is 9.47 Å². The van der Waals surface area contributed by atoms with Crippen LogP contribution in [0.3, 0.4) is 0 Å². The Bertz CT molecular complexity index is 1160. The lowest BCUT2D eigenvalue weighted by Gasteiger charge is -2.40. The van der Waals surface area contributed by atoms with Crippen LogP contribution < -0.4 is 14.8 Å². The maximum atomic E-state index is 13.6. The molecule has 0 aromatic heterocycles. The largest absolute Gasteiger partial charge is 0.454 e. The lowest BCUT2D eigenvalue weighted by Crippen LogP contribution is -2.56. The van der Waals surface area contributed by atoms with Crippen LogP contribution in [0.4, 0.5) is 5.69 Å². The number of fused-ring (bicyclic) bond motifs is 1. The molecule has 1 N–H and O–H groups in total. The van der Waals surface area contributed by atoms with Crippen LogP contribution in [0.15, 0.2) is 72.8 Å². The molecule has 1 atom stereocenters. The van der Waals surface area contributed by atoms with Crippen molar-refractivity contribution in [2.75, 3.05) is 12.1 Å². The molecule has 0 saturated heterocycles. The Labute approximate surface area is 200 Å². The van der Waals surface area contributed by atoms with Crippen molar-refractivity contribution in [3.8, 4) is 11.5 Å². The van der Waals surface area contributed by atoms with Crippen LogP contribution in [0.5, 0.6) is 11.5 Å². The zero-order valence-corrected chi connectivity index (χ0v) is 19.8. The third-order valence-electron chi connectivity index (χ3n) is 6.36. The first-order valence-corrected chi connectivity index (χ1v) is 11.5. The van der Waals surface area contributed by atoms with Gasteiger partial charge in [0.05, 0.1) is 6.42 Å². The molecule has 0 bridgehead atoms. The predicted molar refractivity (Wildman–Crippen MR) is 132 cm³/mol. The highest BCUT2D eigenvalue weighted by atomic mass is 16.7. The van der Waals surface area contributed by atoms with Gasteiger partial charge in [-0.25, -0.2) is 0 Å². The molecule has 1 unspecified atom stereocenters. The van der Waals surface area contributed by atoms with Crippen molar-refractivity contribution < 1.29 is 19.1 Å². The minimum absolute atomic E-state index is 0.100. The van der Waals surface area contributed by atoms with E-state index in [1.165, 1.54) is 0 Å². The molecule has 0 spiro atoms. The summed E-state index contributed by atoms with van der Waals surface area (Å²) in [6.45, 7) is 6.28. The number of carbonyl (C=O) groups is 2. The van der Waals surface area contributed by atoms with E-state index in [9.17, 15) is 9.59 Å². The van der Waals surface area contributed by atoms with Gasteiger partial charge in [-0.05, 0) is 43.5 Å². The number of nitrogens with one attached hydrogen (secondary N) is 1. The van der Waals surface area contributed by atoms with E-state index in [1.807, 2.05) is 75.4 Å². The van der Waals surface area contributed by atoms with Gasteiger partial charge in [0.2, 0.25) is 18.6 Å². The summed E-state index contributed by atoms with van der Waals surface area (Å²) in [5.74, 6) is 0.891. The number of rotatable bonds is 8. The van der Waals surface area contributed by atoms with Gasteiger partial charge in [0.15, 0.2) is 11.5 Å². The summed E-state index contributed by atoms with van der Waals surface area (Å²) < 4.78 is 10.8. The summed E-state index contributed by atoms with van der Waals surface area (Å²) in [6.07, 6.45) is 0.676. The Morgan fingerprint density at radius 1 is 0.941 bits per heavy atom. The summed E-state index contributed by atoms with van der Waals surface area (Å²) in [6, 6.07) is 22.9. The molecule has 3 aromatic rings. The van der Waals surface area contributed by atoms with Gasteiger partial charge in [-0.3, -0.25) is 9.59 Å². The molecule has 2 amide bonds. The molecule has 0 saturated carbocycles. The minimum Gasteiger partial charge on any atom is -0.454 e. The third kappa shape index (κ3) is 5.06. The number of nitrogens with zero attached hydrogens (tertiary/aromatic N) is 1. The van der Waals surface area contributed by atoms with Gasteiger partial charge < -0.3 is 19.7 Å². The van der Waals surface area contributed by atoms with Crippen LogP contribution in [-0.4, -0.2) is 29.0 Å². The highest BCUT2D eigenvalue weighted by molar-refractivity contribution is 6.00. The molecule has 0 radical (unpaired) electrons. The van der Waals surface area contributed by atoms with Gasteiger partial charge in [-0.15, -0.1) is 0 Å². The van der Waals surface area contributed by atoms with E-state index in [-0.39, 0.29) is 25.0 Å². The Balaban J connectivity index is 1.62. The summed E-state index contributed by atoms with van der Waals surface area (Å²) in [5.41, 5.74) is 2.57. The Morgan fingerprint density at radius 3 is 2.35 bits per heavy atom. The molecule has 6 heteroatoms. The third-order valence-corrected chi connectivity index (χ3v) is 6.36. The van der Waals surface area contributed by atoms with E-state index >= 15 is 0 Å². The molecule has 1 heterocycles. The van der Waals surface area contributed by atoms with E-state index < -0.39 is 5.54 Å². The molecule has 0 fully saturated rings. The number of carbonyl (C=O) groups excluding carboxylic acids is 2. The highest BCUT2D eigenvalue weighted by Gasteiger charge is 2.40. The van der Waals surface area contributed by atoms with Crippen LogP contribution in [-0.2, 0) is 22.6 Å². The Kier molecular flexibility index (Phi) is 6.87. The summed E-state index contributed by atoms with van der Waals surface area (Å²) in [7, 11) is 0. The monoisotopic (exact) mass is 458 g/mol. The van der Waals surface area contributed by atoms with Crippen molar-refractivity contribution in [2.45, 2.75) is 45.7 Å². The number of hydrogen-bond acceptors (Lipinski definition) is 4. The summed E-state index contributed by atoms with van der Waals surface area (Å²) in [5, 5.41) is 2.99. The highest BCUT2D eigenvalue weighted by Crippen LogP contribution is 2.35. The van der Waals surface area contributed by atoms with Crippen LogP contribution in [0.1, 0.15) is 37.0 Å². The van der Waals surface area contributed by atoms with E-state index in [2.05, 4.69) is 5.32 Å². The van der Waals surface area contributed by atoms with Crippen molar-refractivity contribution >= 4 is 17.5 Å². The first kappa shape index (κ1) is 23.4. The van der Waals surface area contributed by atoms with Gasteiger partial charge in [0, 0.05) is 18.3 Å². The maximum absolute atomic E-state index is 13.6. The fraction of sp³-hybridized carbons (Fsp3) is 0.286. The van der Waals surface area contributed by atoms with Crippen molar-refractivity contribution in [3.63, 3.8) is 0 Å². The number of ether oxygens (including phenoxy) is 2. The molecule has 1 aliphatic rings. The zero-order chi connectivity index (χ0) is 24.1. The van der Waals surface area contributed by atoms with Crippen molar-refractivity contribution in [2.24, 2.45) is 0 Å². The van der Waals surface area contributed by atoms with Gasteiger partial charge in [0.1, 0.15) is 5.54 Å². The second-order valence-corrected chi connectivity index (χ2v) is 8.78. The first-order valence-electron chi connectivity index (χ1n) is 11.5. The SMILES string of the molecule is CCC(C)(C(=O)Nc1ccc2c(c1)OCO2)N(Cc1ccc(C)cc1)C(=O)Cc1ccccc1. The van der Waals surface area contributed by atoms with Gasteiger partial charge in [-0.1, -0.05) is 67.1 Å². The van der Waals surface area contributed by atoms with E-state index in [0.717, 1.165) is 16.7 Å². The Hall–Kier alpha value is -3.80. The molecular formula is C28H30N2O4. The van der Waals surface area contributed by atoms with Crippen LogP contribution in [0.25, 0.3) is 0 Å². The molecule has 176 valence electrons. The van der Waals surface area contributed by atoms with E-state index in [1.54, 1.807) is 23.1 Å². The molecule has 34 heavy (non-hydrogen) atoms. The average molecular weight is 459 g/mol. The average Bonchev–Trinajstić information content (AvgIpc) is 3.31. The Morgan fingerprint density at radius 2 is 1.65 bits per heavy atom. The van der Waals surface area contributed by atoms with Crippen molar-refractivity contribution in [1.82, 2.24) is 4.90 Å². The number of hydrogen-bond donors (Lipinski definition) is 1. The quantitative estimate of drug-likeness (QED) is 0.510. The first-order chi connectivity index (χ1) is 16.4. The normalized spacial score (nSPS) is 13.7. The molecule has 0 aliphatic carbocycles. The number of anilines is 1. The topological polar surface area (TPSA) is 67.9 Å². The van der Waals surface area contributed by atoms with Crippen LogP contribution in [0.2, 0.25) is 0 Å². The molecule has 4 rings (SSSR count). The number of benzene rings is 3.